The molecule has 0 atom stereocenters. The maximum Gasteiger partial charge on any atom is 0.321 e. The van der Waals surface area contributed by atoms with Gasteiger partial charge in [0.1, 0.15) is 10.3 Å². The van der Waals surface area contributed by atoms with E-state index in [1.165, 1.54) is 11.3 Å². The van der Waals surface area contributed by atoms with Crippen LogP contribution in [0.4, 0.5) is 9.93 Å². The summed E-state index contributed by atoms with van der Waals surface area (Å²) in [4.78, 5) is 20.8. The lowest BCUT2D eigenvalue weighted by Gasteiger charge is -2.03. The molecule has 0 fully saturated rings. The summed E-state index contributed by atoms with van der Waals surface area (Å²) in [6, 6.07) is 3.49. The van der Waals surface area contributed by atoms with Crippen LogP contribution in [-0.4, -0.2) is 22.5 Å². The Bertz CT molecular complexity index is 478. The van der Waals surface area contributed by atoms with Gasteiger partial charge in [0.2, 0.25) is 0 Å². The van der Waals surface area contributed by atoms with Gasteiger partial charge in [0.05, 0.1) is 0 Å². The fourth-order valence-electron chi connectivity index (χ4n) is 1.34. The maximum absolute atomic E-state index is 11.5. The predicted octanol–water partition coefficient (Wildman–Crippen LogP) is 2.61. The highest BCUT2D eigenvalue weighted by atomic mass is 32.1. The number of amides is 2. The van der Waals surface area contributed by atoms with Crippen molar-refractivity contribution in [2.45, 2.75) is 19.8 Å². The van der Waals surface area contributed by atoms with Crippen molar-refractivity contribution >= 4 is 32.8 Å². The second-order valence-corrected chi connectivity index (χ2v) is 4.56. The summed E-state index contributed by atoms with van der Waals surface area (Å²) in [5.74, 6) is 0. The van der Waals surface area contributed by atoms with E-state index < -0.39 is 0 Å². The molecule has 0 saturated heterocycles. The average Bonchev–Trinajstić information content (AvgIpc) is 2.71. The number of aromatic nitrogens is 2. The molecule has 2 aromatic rings. The molecule has 90 valence electrons. The first-order valence-electron chi connectivity index (χ1n) is 5.56. The number of pyridine rings is 1. The van der Waals surface area contributed by atoms with E-state index in [-0.39, 0.29) is 6.03 Å². The Hall–Kier alpha value is -1.69. The van der Waals surface area contributed by atoms with Gasteiger partial charge in [0.15, 0.2) is 5.13 Å². The summed E-state index contributed by atoms with van der Waals surface area (Å²) < 4.78 is 0. The smallest absolute Gasteiger partial charge is 0.321 e. The second-order valence-electron chi connectivity index (χ2n) is 3.58. The first-order chi connectivity index (χ1) is 8.29. The van der Waals surface area contributed by atoms with Gasteiger partial charge < -0.3 is 5.32 Å². The number of rotatable bonds is 4. The van der Waals surface area contributed by atoms with Crippen molar-refractivity contribution < 1.29 is 4.79 Å². The number of unbranched alkanes of at least 4 members (excludes halogenated alkanes) is 1. The van der Waals surface area contributed by atoms with Crippen LogP contribution in [0.3, 0.4) is 0 Å². The normalized spacial score (nSPS) is 10.4. The molecule has 6 heteroatoms. The molecule has 0 bridgehead atoms. The van der Waals surface area contributed by atoms with Gasteiger partial charge in [-0.25, -0.2) is 14.8 Å². The summed E-state index contributed by atoms with van der Waals surface area (Å²) in [5, 5.41) is 6.06. The standard InChI is InChI=1S/C11H14N4OS/c1-2-3-6-13-10(16)15-11-14-8-5-4-7-12-9(8)17-11/h4-5,7H,2-3,6H2,1H3,(H2,13,14,15,16). The van der Waals surface area contributed by atoms with Gasteiger partial charge in [-0.15, -0.1) is 0 Å². The molecule has 5 nitrogen and oxygen atoms in total. The lowest BCUT2D eigenvalue weighted by molar-refractivity contribution is 0.252. The molecule has 0 saturated carbocycles. The van der Waals surface area contributed by atoms with Gasteiger partial charge in [-0.2, -0.15) is 0 Å². The molecule has 2 rings (SSSR count). The minimum absolute atomic E-state index is 0.211. The van der Waals surface area contributed by atoms with E-state index in [0.29, 0.717) is 11.7 Å². The maximum atomic E-state index is 11.5. The lowest BCUT2D eigenvalue weighted by atomic mass is 10.3. The van der Waals surface area contributed by atoms with E-state index in [2.05, 4.69) is 27.5 Å². The number of carbonyl (C=O) groups is 1. The Morgan fingerprint density at radius 1 is 1.53 bits per heavy atom. The second kappa shape index (κ2) is 5.58. The third-order valence-electron chi connectivity index (χ3n) is 2.20. The van der Waals surface area contributed by atoms with Gasteiger partial charge in [-0.05, 0) is 18.6 Å². The Kier molecular flexibility index (Phi) is 3.87. The highest BCUT2D eigenvalue weighted by Crippen LogP contribution is 2.22. The van der Waals surface area contributed by atoms with Crippen LogP contribution in [0.25, 0.3) is 10.3 Å². The van der Waals surface area contributed by atoms with Crippen molar-refractivity contribution in [1.82, 2.24) is 15.3 Å². The highest BCUT2D eigenvalue weighted by molar-refractivity contribution is 7.21. The molecule has 2 N–H and O–H groups in total. The van der Waals surface area contributed by atoms with Gasteiger partial charge >= 0.3 is 6.03 Å². The Morgan fingerprint density at radius 3 is 3.18 bits per heavy atom. The first kappa shape index (κ1) is 11.8. The number of nitrogens with zero attached hydrogens (tertiary/aromatic N) is 2. The molecule has 0 aliphatic heterocycles. The Balaban J connectivity index is 1.96. The van der Waals surface area contributed by atoms with E-state index in [1.54, 1.807) is 6.20 Å². The third kappa shape index (κ3) is 3.13. The zero-order chi connectivity index (χ0) is 12.1. The monoisotopic (exact) mass is 250 g/mol. The quantitative estimate of drug-likeness (QED) is 0.820. The first-order valence-corrected chi connectivity index (χ1v) is 6.37. The van der Waals surface area contributed by atoms with E-state index in [1.807, 2.05) is 12.1 Å². The number of urea groups is 1. The van der Waals surface area contributed by atoms with Crippen LogP contribution in [0.2, 0.25) is 0 Å². The van der Waals surface area contributed by atoms with Crippen LogP contribution >= 0.6 is 11.3 Å². The number of nitrogens with one attached hydrogen (secondary N) is 2. The van der Waals surface area contributed by atoms with Crippen LogP contribution < -0.4 is 10.6 Å². The Labute approximate surface area is 103 Å². The van der Waals surface area contributed by atoms with Crippen LogP contribution in [0, 0.1) is 0 Å². The number of thiazole rings is 1. The van der Waals surface area contributed by atoms with E-state index in [0.717, 1.165) is 23.2 Å². The van der Waals surface area contributed by atoms with Crippen LogP contribution in [0.15, 0.2) is 18.3 Å². The van der Waals surface area contributed by atoms with Crippen molar-refractivity contribution in [3.8, 4) is 0 Å². The number of anilines is 1. The molecule has 2 amide bonds. The van der Waals surface area contributed by atoms with Crippen molar-refractivity contribution in [2.24, 2.45) is 0 Å². The van der Waals surface area contributed by atoms with Crippen molar-refractivity contribution in [3.63, 3.8) is 0 Å². The fraction of sp³-hybridized carbons (Fsp3) is 0.364. The molecule has 0 unspecified atom stereocenters. The molecule has 0 aliphatic rings. The largest absolute Gasteiger partial charge is 0.338 e. The molecule has 17 heavy (non-hydrogen) atoms. The van der Waals surface area contributed by atoms with Crippen LogP contribution in [0.5, 0.6) is 0 Å². The van der Waals surface area contributed by atoms with Crippen molar-refractivity contribution in [3.05, 3.63) is 18.3 Å². The zero-order valence-corrected chi connectivity index (χ0v) is 10.4. The van der Waals surface area contributed by atoms with E-state index >= 15 is 0 Å². The zero-order valence-electron chi connectivity index (χ0n) is 9.56. The predicted molar refractivity (Wildman–Crippen MR) is 69.3 cm³/mol. The molecular weight excluding hydrogens is 236 g/mol. The number of hydrogen-bond acceptors (Lipinski definition) is 4. The van der Waals surface area contributed by atoms with Gasteiger partial charge in [0, 0.05) is 12.7 Å². The fourth-order valence-corrected chi connectivity index (χ4v) is 2.15. The average molecular weight is 250 g/mol. The Morgan fingerprint density at radius 2 is 2.41 bits per heavy atom. The number of carbonyl (C=O) groups excluding carboxylic acids is 1. The van der Waals surface area contributed by atoms with E-state index in [4.69, 9.17) is 0 Å². The molecule has 0 spiro atoms. The van der Waals surface area contributed by atoms with Crippen molar-refractivity contribution in [2.75, 3.05) is 11.9 Å². The van der Waals surface area contributed by atoms with Crippen molar-refractivity contribution in [1.29, 1.82) is 0 Å². The highest BCUT2D eigenvalue weighted by Gasteiger charge is 2.06. The summed E-state index contributed by atoms with van der Waals surface area (Å²) in [6.45, 7) is 2.77. The third-order valence-corrected chi connectivity index (χ3v) is 3.10. The molecule has 0 radical (unpaired) electrons. The van der Waals surface area contributed by atoms with E-state index in [9.17, 15) is 4.79 Å². The van der Waals surface area contributed by atoms with Crippen LogP contribution in [0.1, 0.15) is 19.8 Å². The van der Waals surface area contributed by atoms with Gasteiger partial charge in [0.25, 0.3) is 0 Å². The molecule has 0 aromatic carbocycles. The van der Waals surface area contributed by atoms with Crippen LogP contribution in [-0.2, 0) is 0 Å². The minimum Gasteiger partial charge on any atom is -0.338 e. The molecule has 2 aromatic heterocycles. The number of hydrogen-bond donors (Lipinski definition) is 2. The summed E-state index contributed by atoms with van der Waals surface area (Å²) in [6.07, 6.45) is 3.76. The summed E-state index contributed by atoms with van der Waals surface area (Å²) >= 11 is 1.37. The summed E-state index contributed by atoms with van der Waals surface area (Å²) in [7, 11) is 0. The topological polar surface area (TPSA) is 66.9 Å². The SMILES string of the molecule is CCCCNC(=O)Nc1nc2cccnc2s1. The summed E-state index contributed by atoms with van der Waals surface area (Å²) in [5.41, 5.74) is 0.807. The number of fused-ring (bicyclic) bond motifs is 1. The molecule has 0 aliphatic carbocycles. The van der Waals surface area contributed by atoms with Gasteiger partial charge in [-0.1, -0.05) is 24.7 Å². The molecule has 2 heterocycles. The molecular formula is C11H14N4OS. The minimum atomic E-state index is -0.211. The van der Waals surface area contributed by atoms with Gasteiger partial charge in [-0.3, -0.25) is 5.32 Å². The lowest BCUT2D eigenvalue weighted by Crippen LogP contribution is -2.29.